The summed E-state index contributed by atoms with van der Waals surface area (Å²) in [6.45, 7) is 1.55. The summed E-state index contributed by atoms with van der Waals surface area (Å²) in [5.41, 5.74) is 2.02. The van der Waals surface area contributed by atoms with Crippen LogP contribution in [0.15, 0.2) is 29.3 Å². The van der Waals surface area contributed by atoms with Gasteiger partial charge in [0, 0.05) is 38.8 Å². The molecule has 0 aromatic heterocycles. The summed E-state index contributed by atoms with van der Waals surface area (Å²) in [6.07, 6.45) is 6.32. The molecule has 1 aliphatic heterocycles. The summed E-state index contributed by atoms with van der Waals surface area (Å²) in [4.78, 5) is 31.9. The second-order valence-corrected chi connectivity index (χ2v) is 7.75. The number of anilines is 1. The third kappa shape index (κ3) is 5.47. The van der Waals surface area contributed by atoms with Crippen molar-refractivity contribution in [1.29, 1.82) is 0 Å². The molecule has 1 saturated carbocycles. The Balaban J connectivity index is 1.61. The number of benzene rings is 1. The zero-order valence-electron chi connectivity index (χ0n) is 16.9. The Hall–Kier alpha value is -2.57. The molecule has 0 spiro atoms. The molecule has 2 N–H and O–H groups in total. The normalized spacial score (nSPS) is 17.9. The van der Waals surface area contributed by atoms with E-state index in [1.807, 2.05) is 29.2 Å². The maximum atomic E-state index is 11.9. The molecular weight excluding hydrogens is 354 g/mol. The van der Waals surface area contributed by atoms with Gasteiger partial charge in [0.15, 0.2) is 5.96 Å². The fourth-order valence-electron chi connectivity index (χ4n) is 3.61. The number of nitrogens with one attached hydrogen (secondary N) is 2. The maximum Gasteiger partial charge on any atom is 0.241 e. The molecule has 0 atom stereocenters. The van der Waals surface area contributed by atoms with Gasteiger partial charge in [-0.05, 0) is 37.0 Å². The number of amides is 2. The topological polar surface area (TPSA) is 77.0 Å². The van der Waals surface area contributed by atoms with Gasteiger partial charge in [0.05, 0.1) is 13.1 Å². The minimum absolute atomic E-state index is 0.0144. The third-order valence-electron chi connectivity index (χ3n) is 5.34. The van der Waals surface area contributed by atoms with Gasteiger partial charge in [-0.15, -0.1) is 0 Å². The van der Waals surface area contributed by atoms with Crippen molar-refractivity contribution in [3.8, 4) is 0 Å². The summed E-state index contributed by atoms with van der Waals surface area (Å²) in [7, 11) is 3.50. The highest BCUT2D eigenvalue weighted by molar-refractivity contribution is 5.95. The quantitative estimate of drug-likeness (QED) is 0.579. The van der Waals surface area contributed by atoms with Crippen LogP contribution in [0.2, 0.25) is 0 Å². The van der Waals surface area contributed by atoms with Crippen molar-refractivity contribution in [2.45, 2.75) is 51.1 Å². The first kappa shape index (κ1) is 20.2. The number of carbonyl (C=O) groups is 2. The van der Waals surface area contributed by atoms with Crippen LogP contribution in [0, 0.1) is 0 Å². The summed E-state index contributed by atoms with van der Waals surface area (Å²) < 4.78 is 0. The monoisotopic (exact) mass is 385 g/mol. The highest BCUT2D eigenvalue weighted by atomic mass is 16.2. The standard InChI is InChI=1S/C21H31N5O2/c1-25(2)20(28)15-23-21(24-17-6-3-4-7-17)22-14-16-9-11-18(12-10-16)26-13-5-8-19(26)27/h9-12,17H,3-8,13-15H2,1-2H3,(H2,22,23,24). The summed E-state index contributed by atoms with van der Waals surface area (Å²) in [5.74, 6) is 0.894. The Bertz CT molecular complexity index is 708. The average Bonchev–Trinajstić information content (AvgIpc) is 3.35. The lowest BCUT2D eigenvalue weighted by Crippen LogP contribution is -2.46. The van der Waals surface area contributed by atoms with Crippen LogP contribution in [0.3, 0.4) is 0 Å². The van der Waals surface area contributed by atoms with Crippen molar-refractivity contribution in [1.82, 2.24) is 15.5 Å². The molecule has 2 amide bonds. The molecule has 0 bridgehead atoms. The van der Waals surface area contributed by atoms with Crippen molar-refractivity contribution < 1.29 is 9.59 Å². The smallest absolute Gasteiger partial charge is 0.241 e. The molecule has 7 nitrogen and oxygen atoms in total. The average molecular weight is 386 g/mol. The van der Waals surface area contributed by atoms with Crippen LogP contribution in [-0.2, 0) is 16.1 Å². The second-order valence-electron chi connectivity index (χ2n) is 7.75. The van der Waals surface area contributed by atoms with Crippen molar-refractivity contribution in [2.24, 2.45) is 4.99 Å². The van der Waals surface area contributed by atoms with Gasteiger partial charge >= 0.3 is 0 Å². The SMILES string of the molecule is CN(C)C(=O)CNC(=NCc1ccc(N2CCCC2=O)cc1)NC1CCCC1. The van der Waals surface area contributed by atoms with Gasteiger partial charge in [-0.1, -0.05) is 25.0 Å². The minimum Gasteiger partial charge on any atom is -0.354 e. The maximum absolute atomic E-state index is 11.9. The van der Waals surface area contributed by atoms with E-state index in [0.29, 0.717) is 25.0 Å². The van der Waals surface area contributed by atoms with E-state index in [4.69, 9.17) is 0 Å². The second kappa shape index (κ2) is 9.57. The molecule has 1 aromatic carbocycles. The lowest BCUT2D eigenvalue weighted by molar-refractivity contribution is -0.127. The van der Waals surface area contributed by atoms with Crippen molar-refractivity contribution in [2.75, 3.05) is 32.1 Å². The van der Waals surface area contributed by atoms with Crippen LogP contribution in [-0.4, -0.2) is 55.9 Å². The number of nitrogens with zero attached hydrogens (tertiary/aromatic N) is 3. The van der Waals surface area contributed by atoms with Crippen LogP contribution in [0.25, 0.3) is 0 Å². The van der Waals surface area contributed by atoms with Crippen molar-refractivity contribution in [3.63, 3.8) is 0 Å². The van der Waals surface area contributed by atoms with E-state index in [9.17, 15) is 9.59 Å². The van der Waals surface area contributed by atoms with Gasteiger partial charge in [-0.3, -0.25) is 9.59 Å². The zero-order chi connectivity index (χ0) is 19.9. The van der Waals surface area contributed by atoms with Crippen LogP contribution in [0.5, 0.6) is 0 Å². The first-order chi connectivity index (χ1) is 13.5. The molecule has 1 saturated heterocycles. The Kier molecular flexibility index (Phi) is 6.90. The molecule has 1 heterocycles. The summed E-state index contributed by atoms with van der Waals surface area (Å²) in [5, 5.41) is 6.61. The first-order valence-corrected chi connectivity index (χ1v) is 10.2. The van der Waals surface area contributed by atoms with Crippen LogP contribution in [0.1, 0.15) is 44.1 Å². The molecule has 28 heavy (non-hydrogen) atoms. The Morgan fingerprint density at radius 1 is 1.18 bits per heavy atom. The lowest BCUT2D eigenvalue weighted by Gasteiger charge is -2.19. The molecule has 1 aromatic rings. The van der Waals surface area contributed by atoms with Crippen LogP contribution in [0.4, 0.5) is 5.69 Å². The number of carbonyl (C=O) groups excluding carboxylic acids is 2. The number of likely N-dealkylation sites (N-methyl/N-ethyl adjacent to an activating group) is 1. The number of rotatable bonds is 6. The first-order valence-electron chi connectivity index (χ1n) is 10.2. The van der Waals surface area contributed by atoms with E-state index in [0.717, 1.165) is 37.1 Å². The molecule has 2 aliphatic rings. The number of hydrogen-bond donors (Lipinski definition) is 2. The highest BCUT2D eigenvalue weighted by Crippen LogP contribution is 2.22. The Morgan fingerprint density at radius 3 is 2.50 bits per heavy atom. The van der Waals surface area contributed by atoms with E-state index in [1.165, 1.54) is 12.8 Å². The number of guanidine groups is 1. The van der Waals surface area contributed by atoms with Crippen molar-refractivity contribution >= 4 is 23.5 Å². The number of hydrogen-bond acceptors (Lipinski definition) is 3. The molecule has 7 heteroatoms. The zero-order valence-corrected chi connectivity index (χ0v) is 16.9. The fourth-order valence-corrected chi connectivity index (χ4v) is 3.61. The van der Waals surface area contributed by atoms with Gasteiger partial charge in [-0.25, -0.2) is 4.99 Å². The highest BCUT2D eigenvalue weighted by Gasteiger charge is 2.21. The molecule has 0 unspecified atom stereocenters. The molecule has 3 rings (SSSR count). The van der Waals surface area contributed by atoms with E-state index >= 15 is 0 Å². The Labute approximate surface area is 167 Å². The molecule has 152 valence electrons. The summed E-state index contributed by atoms with van der Waals surface area (Å²) >= 11 is 0. The predicted molar refractivity (Wildman–Crippen MR) is 111 cm³/mol. The van der Waals surface area contributed by atoms with Gasteiger partial charge in [0.25, 0.3) is 0 Å². The van der Waals surface area contributed by atoms with Gasteiger partial charge < -0.3 is 20.4 Å². The largest absolute Gasteiger partial charge is 0.354 e. The minimum atomic E-state index is 0.0144. The predicted octanol–water partition coefficient (Wildman–Crippen LogP) is 1.88. The molecule has 1 aliphatic carbocycles. The fraction of sp³-hybridized carbons (Fsp3) is 0.571. The molecular formula is C21H31N5O2. The van der Waals surface area contributed by atoms with Crippen LogP contribution >= 0.6 is 0 Å². The van der Waals surface area contributed by atoms with Gasteiger partial charge in [-0.2, -0.15) is 0 Å². The number of aliphatic imine (C=N–C) groups is 1. The molecule has 2 fully saturated rings. The summed E-state index contributed by atoms with van der Waals surface area (Å²) in [6, 6.07) is 8.43. The van der Waals surface area contributed by atoms with Gasteiger partial charge in [0.2, 0.25) is 11.8 Å². The van der Waals surface area contributed by atoms with E-state index < -0.39 is 0 Å². The van der Waals surface area contributed by atoms with Gasteiger partial charge in [0.1, 0.15) is 0 Å². The van der Waals surface area contributed by atoms with Crippen molar-refractivity contribution in [3.05, 3.63) is 29.8 Å². The Morgan fingerprint density at radius 2 is 1.89 bits per heavy atom. The van der Waals surface area contributed by atoms with E-state index in [1.54, 1.807) is 19.0 Å². The van der Waals surface area contributed by atoms with Crippen LogP contribution < -0.4 is 15.5 Å². The lowest BCUT2D eigenvalue weighted by atomic mass is 10.2. The molecule has 0 radical (unpaired) electrons. The van der Waals surface area contributed by atoms with E-state index in [2.05, 4.69) is 15.6 Å². The third-order valence-corrected chi connectivity index (χ3v) is 5.34. The van der Waals surface area contributed by atoms with E-state index in [-0.39, 0.29) is 18.4 Å².